The topological polar surface area (TPSA) is 64.4 Å². The van der Waals surface area contributed by atoms with E-state index in [9.17, 15) is 9.59 Å². The second kappa shape index (κ2) is 8.59. The summed E-state index contributed by atoms with van der Waals surface area (Å²) in [6.45, 7) is 2.72. The van der Waals surface area contributed by atoms with Crippen LogP contribution in [0.1, 0.15) is 40.1 Å². The van der Waals surface area contributed by atoms with Crippen molar-refractivity contribution in [3.63, 3.8) is 0 Å². The van der Waals surface area contributed by atoms with Gasteiger partial charge in [-0.1, -0.05) is 11.8 Å². The smallest absolute Gasteiger partial charge is 0.263 e. The Hall–Kier alpha value is -1.68. The van der Waals surface area contributed by atoms with Gasteiger partial charge in [0.05, 0.1) is 23.8 Å². The van der Waals surface area contributed by atoms with Crippen LogP contribution in [0.25, 0.3) is 10.2 Å². The van der Waals surface area contributed by atoms with E-state index in [2.05, 4.69) is 11.4 Å². The second-order valence-corrected chi connectivity index (χ2v) is 11.7. The van der Waals surface area contributed by atoms with Crippen LogP contribution in [0.3, 0.4) is 0 Å². The van der Waals surface area contributed by atoms with Crippen LogP contribution in [-0.2, 0) is 41.9 Å². The molecule has 3 aromatic rings. The van der Waals surface area contributed by atoms with Gasteiger partial charge in [0.25, 0.3) is 5.56 Å². The molecule has 2 aliphatic heterocycles. The molecule has 9 heteroatoms. The van der Waals surface area contributed by atoms with Gasteiger partial charge in [0.1, 0.15) is 4.83 Å². The molecule has 0 N–H and O–H groups in total. The first kappa shape index (κ1) is 20.9. The summed E-state index contributed by atoms with van der Waals surface area (Å²) in [5.41, 5.74) is 2.51. The van der Waals surface area contributed by atoms with Gasteiger partial charge >= 0.3 is 0 Å². The van der Waals surface area contributed by atoms with Crippen molar-refractivity contribution in [3.05, 3.63) is 42.7 Å². The van der Waals surface area contributed by atoms with Gasteiger partial charge in [-0.3, -0.25) is 14.2 Å². The first-order valence-electron chi connectivity index (χ1n) is 11.3. The van der Waals surface area contributed by atoms with E-state index in [1.54, 1.807) is 27.2 Å². The van der Waals surface area contributed by atoms with Crippen molar-refractivity contribution in [2.24, 2.45) is 0 Å². The molecule has 168 valence electrons. The fraction of sp³-hybridized carbons (Fsp3) is 0.522. The summed E-state index contributed by atoms with van der Waals surface area (Å²) in [5, 5.41) is 3.56. The molecule has 1 saturated heterocycles. The highest BCUT2D eigenvalue weighted by molar-refractivity contribution is 7.99. The van der Waals surface area contributed by atoms with Crippen molar-refractivity contribution in [3.8, 4) is 0 Å². The Bertz CT molecular complexity index is 1240. The van der Waals surface area contributed by atoms with Gasteiger partial charge in [0.15, 0.2) is 5.16 Å². The van der Waals surface area contributed by atoms with E-state index < -0.39 is 0 Å². The Morgan fingerprint density at radius 2 is 2.19 bits per heavy atom. The molecule has 0 spiro atoms. The molecule has 5 heterocycles. The maximum absolute atomic E-state index is 13.6. The van der Waals surface area contributed by atoms with Gasteiger partial charge in [-0.15, -0.1) is 22.7 Å². The highest BCUT2D eigenvalue weighted by Crippen LogP contribution is 2.36. The van der Waals surface area contributed by atoms with Gasteiger partial charge < -0.3 is 9.64 Å². The van der Waals surface area contributed by atoms with E-state index in [1.807, 2.05) is 4.90 Å². The predicted octanol–water partition coefficient (Wildman–Crippen LogP) is 3.86. The van der Waals surface area contributed by atoms with E-state index in [0.29, 0.717) is 24.0 Å². The van der Waals surface area contributed by atoms with Gasteiger partial charge in [-0.25, -0.2) is 4.98 Å². The van der Waals surface area contributed by atoms with E-state index in [0.717, 1.165) is 61.9 Å². The molecular formula is C23H25N3O3S3. The highest BCUT2D eigenvalue weighted by Gasteiger charge is 2.27. The lowest BCUT2D eigenvalue weighted by Crippen LogP contribution is -2.36. The van der Waals surface area contributed by atoms with Gasteiger partial charge in [0.2, 0.25) is 5.91 Å². The molecule has 1 fully saturated rings. The van der Waals surface area contributed by atoms with Gasteiger partial charge in [-0.05, 0) is 61.1 Å². The quantitative estimate of drug-likeness (QED) is 0.404. The van der Waals surface area contributed by atoms with Crippen molar-refractivity contribution in [2.45, 2.75) is 62.9 Å². The lowest BCUT2D eigenvalue weighted by atomic mass is 10.1. The van der Waals surface area contributed by atoms with Crippen LogP contribution in [0.5, 0.6) is 0 Å². The average Bonchev–Trinajstić information content (AvgIpc) is 3.58. The Morgan fingerprint density at radius 3 is 3.06 bits per heavy atom. The molecule has 6 rings (SSSR count). The molecule has 0 aromatic carbocycles. The molecular weight excluding hydrogens is 462 g/mol. The molecule has 3 aromatic heterocycles. The minimum absolute atomic E-state index is 0.0423. The lowest BCUT2D eigenvalue weighted by molar-refractivity contribution is -0.129. The third-order valence-electron chi connectivity index (χ3n) is 6.69. The zero-order chi connectivity index (χ0) is 21.7. The molecule has 1 aliphatic carbocycles. The summed E-state index contributed by atoms with van der Waals surface area (Å²) in [6, 6.07) is 2.12. The number of fused-ring (bicyclic) bond motifs is 4. The molecule has 3 aliphatic rings. The SMILES string of the molecule is O=C(CSc1nc2sc3c(c2c(=O)n1C[C@@H]1CCCO1)CCC3)N1CCc2sccc2C1. The maximum atomic E-state index is 13.6. The minimum atomic E-state index is 0.0423. The number of carbonyl (C=O) groups is 1. The van der Waals surface area contributed by atoms with Crippen LogP contribution in [0.2, 0.25) is 0 Å². The van der Waals surface area contributed by atoms with Crippen molar-refractivity contribution >= 4 is 50.6 Å². The molecule has 6 nitrogen and oxygen atoms in total. The fourth-order valence-electron chi connectivity index (χ4n) is 5.00. The summed E-state index contributed by atoms with van der Waals surface area (Å²) in [4.78, 5) is 36.9. The number of hydrogen-bond acceptors (Lipinski definition) is 7. The third-order valence-corrected chi connectivity index (χ3v) is 9.85. The first-order chi connectivity index (χ1) is 15.7. The Morgan fingerprint density at radius 1 is 1.25 bits per heavy atom. The molecule has 1 amide bonds. The second-order valence-electron chi connectivity index (χ2n) is 8.71. The number of aromatic nitrogens is 2. The van der Waals surface area contributed by atoms with Crippen molar-refractivity contribution < 1.29 is 9.53 Å². The van der Waals surface area contributed by atoms with Crippen molar-refractivity contribution in [1.29, 1.82) is 0 Å². The number of thioether (sulfide) groups is 1. The van der Waals surface area contributed by atoms with Crippen LogP contribution < -0.4 is 5.56 Å². The van der Waals surface area contributed by atoms with E-state index >= 15 is 0 Å². The van der Waals surface area contributed by atoms with Crippen molar-refractivity contribution in [1.82, 2.24) is 14.5 Å². The van der Waals surface area contributed by atoms with E-state index in [1.165, 1.54) is 32.6 Å². The lowest BCUT2D eigenvalue weighted by Gasteiger charge is -2.27. The number of hydrogen-bond donors (Lipinski definition) is 0. The fourth-order valence-corrected chi connectivity index (χ4v) is 8.10. The standard InChI is InChI=1S/C23H25N3O3S3/c27-19(25-8-6-17-14(11-25)7-10-30-17)13-31-23-24-21-20(16-4-1-5-18(16)32-21)22(28)26(23)12-15-3-2-9-29-15/h7,10,15H,1-6,8-9,11-13H2/t15-/m0/s1. The largest absolute Gasteiger partial charge is 0.376 e. The Labute approximate surface area is 198 Å². The molecule has 32 heavy (non-hydrogen) atoms. The average molecular weight is 488 g/mol. The van der Waals surface area contributed by atoms with Gasteiger partial charge in [-0.2, -0.15) is 0 Å². The number of thiophene rings is 2. The molecule has 1 atom stereocenters. The zero-order valence-electron chi connectivity index (χ0n) is 17.8. The molecule has 0 bridgehead atoms. The van der Waals surface area contributed by atoms with Crippen LogP contribution >= 0.6 is 34.4 Å². The number of amides is 1. The van der Waals surface area contributed by atoms with Crippen LogP contribution in [0.4, 0.5) is 0 Å². The number of nitrogens with zero attached hydrogens (tertiary/aromatic N) is 3. The first-order valence-corrected chi connectivity index (χ1v) is 14.0. The van der Waals surface area contributed by atoms with Crippen molar-refractivity contribution in [2.75, 3.05) is 18.9 Å². The Kier molecular flexibility index (Phi) is 5.61. The summed E-state index contributed by atoms with van der Waals surface area (Å²) in [6.07, 6.45) is 6.11. The summed E-state index contributed by atoms with van der Waals surface area (Å²) in [7, 11) is 0. The van der Waals surface area contributed by atoms with Crippen LogP contribution in [0, 0.1) is 0 Å². The number of ether oxygens (including phenoxy) is 1. The summed E-state index contributed by atoms with van der Waals surface area (Å²) >= 11 is 4.83. The number of rotatable bonds is 5. The predicted molar refractivity (Wildman–Crippen MR) is 129 cm³/mol. The summed E-state index contributed by atoms with van der Waals surface area (Å²) in [5.74, 6) is 0.409. The number of carbonyl (C=O) groups excluding carboxylic acids is 1. The normalized spacial score (nSPS) is 20.1. The monoisotopic (exact) mass is 487 g/mol. The van der Waals surface area contributed by atoms with Crippen LogP contribution in [0.15, 0.2) is 21.4 Å². The third kappa shape index (κ3) is 3.73. The Balaban J connectivity index is 1.28. The molecule has 0 unspecified atom stereocenters. The van der Waals surface area contributed by atoms with E-state index in [-0.39, 0.29) is 17.6 Å². The van der Waals surface area contributed by atoms with Crippen LogP contribution in [-0.4, -0.2) is 45.4 Å². The number of aryl methyl sites for hydroxylation is 2. The summed E-state index contributed by atoms with van der Waals surface area (Å²) < 4.78 is 7.62. The maximum Gasteiger partial charge on any atom is 0.263 e. The molecule has 0 radical (unpaired) electrons. The minimum Gasteiger partial charge on any atom is -0.376 e. The van der Waals surface area contributed by atoms with E-state index in [4.69, 9.17) is 9.72 Å². The molecule has 0 saturated carbocycles. The van der Waals surface area contributed by atoms with Gasteiger partial charge in [0, 0.05) is 29.5 Å². The zero-order valence-corrected chi connectivity index (χ0v) is 20.3. The highest BCUT2D eigenvalue weighted by atomic mass is 32.2.